The summed E-state index contributed by atoms with van der Waals surface area (Å²) in [4.78, 5) is 25.8. The lowest BCUT2D eigenvalue weighted by Crippen LogP contribution is -2.48. The predicted molar refractivity (Wildman–Crippen MR) is 97.1 cm³/mol. The molecule has 1 heterocycles. The first-order chi connectivity index (χ1) is 12.6. The number of rotatable bonds is 9. The summed E-state index contributed by atoms with van der Waals surface area (Å²) in [7, 11) is 1.59. The second-order valence-corrected chi connectivity index (χ2v) is 6.37. The highest BCUT2D eigenvalue weighted by Gasteiger charge is 2.24. The van der Waals surface area contributed by atoms with Gasteiger partial charge in [0, 0.05) is 26.2 Å². The van der Waals surface area contributed by atoms with Crippen molar-refractivity contribution in [2.24, 2.45) is 0 Å². The fraction of sp³-hybridized carbons (Fsp3) is 0.579. The molecule has 2 amide bonds. The molecule has 1 saturated heterocycles. The lowest BCUT2D eigenvalue weighted by Gasteiger charge is -2.32. The molecule has 1 fully saturated rings. The summed E-state index contributed by atoms with van der Waals surface area (Å²) in [6.07, 6.45) is 1.47. The van der Waals surface area contributed by atoms with Crippen LogP contribution in [-0.4, -0.2) is 69.4 Å². The molecule has 0 spiro atoms. The van der Waals surface area contributed by atoms with E-state index >= 15 is 0 Å². The molecular formula is C19H28N2O5. The van der Waals surface area contributed by atoms with Crippen LogP contribution in [-0.2, 0) is 19.1 Å². The molecule has 1 N–H and O–H groups in total. The molecule has 7 heteroatoms. The van der Waals surface area contributed by atoms with Crippen LogP contribution in [0.1, 0.15) is 18.4 Å². The number of amides is 2. The van der Waals surface area contributed by atoms with Crippen molar-refractivity contribution in [2.75, 3.05) is 46.6 Å². The Bertz CT molecular complexity index is 568. The topological polar surface area (TPSA) is 77.1 Å². The first-order valence-electron chi connectivity index (χ1n) is 8.92. The van der Waals surface area contributed by atoms with Crippen molar-refractivity contribution in [3.8, 4) is 5.75 Å². The van der Waals surface area contributed by atoms with Gasteiger partial charge in [0.15, 0.2) is 6.61 Å². The molecule has 1 aliphatic heterocycles. The summed E-state index contributed by atoms with van der Waals surface area (Å²) in [6, 6.07) is 7.70. The highest BCUT2D eigenvalue weighted by molar-refractivity contribution is 5.78. The zero-order chi connectivity index (χ0) is 18.8. The Kier molecular flexibility index (Phi) is 8.37. The molecule has 0 aliphatic carbocycles. The maximum absolute atomic E-state index is 12.3. The zero-order valence-corrected chi connectivity index (χ0v) is 15.5. The molecule has 0 unspecified atom stereocenters. The molecule has 1 aliphatic rings. The predicted octanol–water partition coefficient (Wildman–Crippen LogP) is 1.14. The molecule has 0 bridgehead atoms. The molecule has 1 aromatic rings. The largest absolute Gasteiger partial charge is 0.484 e. The Labute approximate surface area is 154 Å². The van der Waals surface area contributed by atoms with E-state index < -0.39 is 0 Å². The van der Waals surface area contributed by atoms with Crippen LogP contribution in [0.25, 0.3) is 0 Å². The number of likely N-dealkylation sites (tertiary alicyclic amines) is 1. The van der Waals surface area contributed by atoms with Crippen LogP contribution in [0, 0.1) is 6.92 Å². The molecule has 26 heavy (non-hydrogen) atoms. The number of nitrogens with one attached hydrogen (secondary N) is 1. The highest BCUT2D eigenvalue weighted by Crippen LogP contribution is 2.13. The van der Waals surface area contributed by atoms with Crippen LogP contribution in [0.4, 0.5) is 0 Å². The van der Waals surface area contributed by atoms with Gasteiger partial charge in [-0.3, -0.25) is 9.59 Å². The lowest BCUT2D eigenvalue weighted by molar-refractivity contribution is -0.134. The number of carbonyl (C=O) groups is 2. The van der Waals surface area contributed by atoms with Crippen LogP contribution in [0.5, 0.6) is 5.75 Å². The number of carbonyl (C=O) groups excluding carboxylic acids is 2. The van der Waals surface area contributed by atoms with Crippen LogP contribution in [0.3, 0.4) is 0 Å². The number of hydrogen-bond donors (Lipinski definition) is 1. The summed E-state index contributed by atoms with van der Waals surface area (Å²) in [5.74, 6) is 0.534. The van der Waals surface area contributed by atoms with Gasteiger partial charge in [0.1, 0.15) is 12.4 Å². The normalized spacial score (nSPS) is 14.9. The minimum absolute atomic E-state index is 0.0294. The molecule has 1 aromatic carbocycles. The third-order valence-electron chi connectivity index (χ3n) is 4.26. The Balaban J connectivity index is 1.63. The van der Waals surface area contributed by atoms with Crippen LogP contribution < -0.4 is 10.1 Å². The Hall–Kier alpha value is -2.12. The van der Waals surface area contributed by atoms with Crippen molar-refractivity contribution < 1.29 is 23.8 Å². The average Bonchev–Trinajstić information content (AvgIpc) is 2.65. The summed E-state index contributed by atoms with van der Waals surface area (Å²) < 4.78 is 15.6. The molecular weight excluding hydrogens is 336 g/mol. The SMILES string of the molecule is COCCOCC(=O)NC1CCN(C(=O)COc2ccc(C)cc2)CC1. The third kappa shape index (κ3) is 7.01. The fourth-order valence-electron chi connectivity index (χ4n) is 2.72. The molecule has 2 rings (SSSR count). The summed E-state index contributed by atoms with van der Waals surface area (Å²) >= 11 is 0. The van der Waals surface area contributed by atoms with E-state index in [1.165, 1.54) is 0 Å². The zero-order valence-electron chi connectivity index (χ0n) is 15.5. The van der Waals surface area contributed by atoms with E-state index in [0.29, 0.717) is 32.1 Å². The van der Waals surface area contributed by atoms with Gasteiger partial charge < -0.3 is 24.4 Å². The quantitative estimate of drug-likeness (QED) is 0.665. The van der Waals surface area contributed by atoms with Crippen LogP contribution in [0.15, 0.2) is 24.3 Å². The van der Waals surface area contributed by atoms with E-state index in [1.54, 1.807) is 12.0 Å². The molecule has 144 valence electrons. The van der Waals surface area contributed by atoms with Crippen molar-refractivity contribution >= 4 is 11.8 Å². The minimum Gasteiger partial charge on any atom is -0.484 e. The van der Waals surface area contributed by atoms with Crippen molar-refractivity contribution in [1.82, 2.24) is 10.2 Å². The van der Waals surface area contributed by atoms with E-state index in [4.69, 9.17) is 14.2 Å². The first-order valence-corrected chi connectivity index (χ1v) is 8.92. The average molecular weight is 364 g/mol. The van der Waals surface area contributed by atoms with Gasteiger partial charge in [-0.1, -0.05) is 17.7 Å². The lowest BCUT2D eigenvalue weighted by atomic mass is 10.1. The Morgan fingerprint density at radius 3 is 2.46 bits per heavy atom. The highest BCUT2D eigenvalue weighted by atomic mass is 16.5. The van der Waals surface area contributed by atoms with Crippen molar-refractivity contribution in [1.29, 1.82) is 0 Å². The number of aryl methyl sites for hydroxylation is 1. The maximum Gasteiger partial charge on any atom is 0.260 e. The third-order valence-corrected chi connectivity index (χ3v) is 4.26. The molecule has 0 aromatic heterocycles. The number of methoxy groups -OCH3 is 1. The van der Waals surface area contributed by atoms with Gasteiger partial charge in [-0.15, -0.1) is 0 Å². The standard InChI is InChI=1S/C19H28N2O5/c1-15-3-5-17(6-4-15)26-14-19(23)21-9-7-16(8-10-21)20-18(22)13-25-12-11-24-2/h3-6,16H,7-14H2,1-2H3,(H,20,22). The monoisotopic (exact) mass is 364 g/mol. The molecule has 0 radical (unpaired) electrons. The van der Waals surface area contributed by atoms with Gasteiger partial charge in [0.25, 0.3) is 5.91 Å². The molecule has 7 nitrogen and oxygen atoms in total. The van der Waals surface area contributed by atoms with Crippen LogP contribution >= 0.6 is 0 Å². The van der Waals surface area contributed by atoms with Gasteiger partial charge in [0.2, 0.25) is 5.91 Å². The number of nitrogens with zero attached hydrogens (tertiary/aromatic N) is 1. The smallest absolute Gasteiger partial charge is 0.260 e. The second-order valence-electron chi connectivity index (χ2n) is 6.37. The maximum atomic E-state index is 12.3. The van der Waals surface area contributed by atoms with Gasteiger partial charge in [0.05, 0.1) is 13.2 Å². The Morgan fingerprint density at radius 2 is 1.81 bits per heavy atom. The van der Waals surface area contributed by atoms with Crippen molar-refractivity contribution in [2.45, 2.75) is 25.8 Å². The summed E-state index contributed by atoms with van der Waals surface area (Å²) in [5, 5.41) is 2.94. The first kappa shape index (κ1) is 20.2. The van der Waals surface area contributed by atoms with E-state index in [0.717, 1.165) is 18.4 Å². The van der Waals surface area contributed by atoms with Crippen molar-refractivity contribution in [3.05, 3.63) is 29.8 Å². The number of hydrogen-bond acceptors (Lipinski definition) is 5. The Morgan fingerprint density at radius 1 is 1.12 bits per heavy atom. The van der Waals surface area contributed by atoms with E-state index in [2.05, 4.69) is 5.32 Å². The van der Waals surface area contributed by atoms with Gasteiger partial charge >= 0.3 is 0 Å². The summed E-state index contributed by atoms with van der Waals surface area (Å²) in [5.41, 5.74) is 1.15. The molecule has 0 saturated carbocycles. The number of benzene rings is 1. The molecule has 0 atom stereocenters. The fourth-order valence-corrected chi connectivity index (χ4v) is 2.72. The van der Waals surface area contributed by atoms with Gasteiger partial charge in [-0.05, 0) is 31.9 Å². The number of piperidine rings is 1. The number of ether oxygens (including phenoxy) is 3. The van der Waals surface area contributed by atoms with Crippen molar-refractivity contribution in [3.63, 3.8) is 0 Å². The van der Waals surface area contributed by atoms with Gasteiger partial charge in [-0.2, -0.15) is 0 Å². The minimum atomic E-state index is -0.131. The second kappa shape index (κ2) is 10.8. The van der Waals surface area contributed by atoms with E-state index in [-0.39, 0.29) is 31.1 Å². The van der Waals surface area contributed by atoms with E-state index in [1.807, 2.05) is 31.2 Å². The van der Waals surface area contributed by atoms with Gasteiger partial charge in [-0.25, -0.2) is 0 Å². The summed E-state index contributed by atoms with van der Waals surface area (Å²) in [6.45, 7) is 4.18. The van der Waals surface area contributed by atoms with Crippen LogP contribution in [0.2, 0.25) is 0 Å². The van der Waals surface area contributed by atoms with E-state index in [9.17, 15) is 9.59 Å².